The molecule has 0 aliphatic carbocycles. The summed E-state index contributed by atoms with van der Waals surface area (Å²) in [6.07, 6.45) is 0. The molecule has 1 rings (SSSR count). The van der Waals surface area contributed by atoms with Gasteiger partial charge < -0.3 is 0 Å². The summed E-state index contributed by atoms with van der Waals surface area (Å²) < 4.78 is 27.3. The molecule has 0 radical (unpaired) electrons. The smallest absolute Gasteiger partial charge is 0.130 e. The van der Waals surface area contributed by atoms with Gasteiger partial charge in [-0.25, -0.2) is 8.78 Å². The maximum absolute atomic E-state index is 13.4. The van der Waals surface area contributed by atoms with Crippen LogP contribution in [0.3, 0.4) is 0 Å². The average molecular weight is 296 g/mol. The number of hydrogen-bond acceptors (Lipinski definition) is 0. The first kappa shape index (κ1) is 10.9. The van der Waals surface area contributed by atoms with Crippen molar-refractivity contribution in [2.75, 3.05) is 0 Å². The van der Waals surface area contributed by atoms with Gasteiger partial charge in [-0.2, -0.15) is 0 Å². The Kier molecular flexibility index (Phi) is 2.95. The maximum atomic E-state index is 13.4. The minimum Gasteiger partial charge on any atom is -0.207 e. The molecule has 72 valence electrons. The maximum Gasteiger partial charge on any atom is 0.130 e. The second-order valence-corrected chi connectivity index (χ2v) is 5.24. The molecule has 3 heteroatoms. The van der Waals surface area contributed by atoms with E-state index in [9.17, 15) is 8.78 Å². The summed E-state index contributed by atoms with van der Waals surface area (Å²) in [6.45, 7) is 5.38. The molecule has 1 aromatic rings. The highest BCUT2D eigenvalue weighted by molar-refractivity contribution is 14.1. The Morgan fingerprint density at radius 1 is 1.08 bits per heavy atom. The molecule has 0 heterocycles. The fraction of sp³-hybridized carbons (Fsp3) is 0.400. The lowest BCUT2D eigenvalue weighted by atomic mass is 9.86. The second kappa shape index (κ2) is 3.52. The fourth-order valence-corrected chi connectivity index (χ4v) is 1.81. The molecule has 0 amide bonds. The molecule has 0 aliphatic rings. The summed E-state index contributed by atoms with van der Waals surface area (Å²) in [5.41, 5.74) is -0.327. The molecule has 0 fully saturated rings. The van der Waals surface area contributed by atoms with Crippen LogP contribution in [0.15, 0.2) is 12.1 Å². The lowest BCUT2D eigenvalue weighted by molar-refractivity contribution is 0.474. The Balaban J connectivity index is 3.38. The summed E-state index contributed by atoms with van der Waals surface area (Å²) in [6, 6.07) is 2.70. The Morgan fingerprint density at radius 2 is 1.46 bits per heavy atom. The van der Waals surface area contributed by atoms with E-state index in [0.29, 0.717) is 3.57 Å². The second-order valence-electron chi connectivity index (χ2n) is 3.99. The van der Waals surface area contributed by atoms with E-state index >= 15 is 0 Å². The first-order valence-corrected chi connectivity index (χ1v) is 5.05. The molecule has 0 nitrogen and oxygen atoms in total. The minimum absolute atomic E-state index is 0.160. The molecule has 0 atom stereocenters. The van der Waals surface area contributed by atoms with E-state index in [1.165, 1.54) is 12.1 Å². The van der Waals surface area contributed by atoms with Crippen LogP contribution in [0.25, 0.3) is 0 Å². The molecule has 1 aromatic carbocycles. The molecule has 0 bridgehead atoms. The Hall–Kier alpha value is -0.190. The quantitative estimate of drug-likeness (QED) is 0.638. The normalized spacial score (nSPS) is 11.8. The van der Waals surface area contributed by atoms with Crippen LogP contribution in [0.5, 0.6) is 0 Å². The summed E-state index contributed by atoms with van der Waals surface area (Å²) in [7, 11) is 0. The summed E-state index contributed by atoms with van der Waals surface area (Å²) in [4.78, 5) is 0. The van der Waals surface area contributed by atoms with E-state index in [0.717, 1.165) is 0 Å². The molecule has 13 heavy (non-hydrogen) atoms. The van der Waals surface area contributed by atoms with Crippen LogP contribution in [0.4, 0.5) is 8.78 Å². The summed E-state index contributed by atoms with van der Waals surface area (Å²) >= 11 is 1.90. The third-order valence-electron chi connectivity index (χ3n) is 1.76. The van der Waals surface area contributed by atoms with Gasteiger partial charge >= 0.3 is 0 Å². The van der Waals surface area contributed by atoms with Gasteiger partial charge in [0.25, 0.3) is 0 Å². The molecule has 0 aliphatic heterocycles. The van der Waals surface area contributed by atoms with Crippen LogP contribution < -0.4 is 0 Å². The largest absolute Gasteiger partial charge is 0.207 e. The van der Waals surface area contributed by atoms with Crippen LogP contribution in [-0.4, -0.2) is 0 Å². The molecular weight excluding hydrogens is 285 g/mol. The van der Waals surface area contributed by atoms with Crippen LogP contribution in [0.2, 0.25) is 0 Å². The van der Waals surface area contributed by atoms with E-state index in [4.69, 9.17) is 0 Å². The Bertz CT molecular complexity index is 303. The third kappa shape index (κ3) is 2.39. The van der Waals surface area contributed by atoms with Crippen molar-refractivity contribution in [3.63, 3.8) is 0 Å². The van der Waals surface area contributed by atoms with Crippen molar-refractivity contribution in [2.45, 2.75) is 26.2 Å². The van der Waals surface area contributed by atoms with E-state index in [1.807, 2.05) is 22.6 Å². The van der Waals surface area contributed by atoms with Crippen molar-refractivity contribution >= 4 is 22.6 Å². The van der Waals surface area contributed by atoms with Gasteiger partial charge in [0, 0.05) is 9.13 Å². The van der Waals surface area contributed by atoms with Crippen LogP contribution in [0, 0.1) is 15.2 Å². The predicted molar refractivity (Wildman–Crippen MR) is 57.8 cm³/mol. The Labute approximate surface area is 90.5 Å². The monoisotopic (exact) mass is 296 g/mol. The van der Waals surface area contributed by atoms with E-state index in [2.05, 4.69) is 0 Å². The van der Waals surface area contributed by atoms with Crippen molar-refractivity contribution in [3.05, 3.63) is 32.9 Å². The highest BCUT2D eigenvalue weighted by atomic mass is 127. The van der Waals surface area contributed by atoms with E-state index in [-0.39, 0.29) is 5.56 Å². The van der Waals surface area contributed by atoms with Crippen molar-refractivity contribution in [3.8, 4) is 0 Å². The number of rotatable bonds is 0. The molecule has 0 N–H and O–H groups in total. The summed E-state index contributed by atoms with van der Waals surface area (Å²) in [5, 5.41) is 0. The standard InChI is InChI=1S/C10H11F2I/c1-10(2,3)9-7(11)4-6(13)5-8(9)12/h4-5H,1-3H3. The predicted octanol–water partition coefficient (Wildman–Crippen LogP) is 3.87. The average Bonchev–Trinajstić information content (AvgIpc) is 1.78. The lowest BCUT2D eigenvalue weighted by Crippen LogP contribution is -2.16. The number of benzene rings is 1. The zero-order valence-corrected chi connectivity index (χ0v) is 9.95. The van der Waals surface area contributed by atoms with Crippen LogP contribution in [0.1, 0.15) is 26.3 Å². The molecule has 0 aromatic heterocycles. The minimum atomic E-state index is -0.488. The zero-order chi connectivity index (χ0) is 10.2. The van der Waals surface area contributed by atoms with Gasteiger partial charge in [0.2, 0.25) is 0 Å². The van der Waals surface area contributed by atoms with E-state index < -0.39 is 17.0 Å². The molecule has 0 unspecified atom stereocenters. The van der Waals surface area contributed by atoms with Gasteiger partial charge in [0.15, 0.2) is 0 Å². The van der Waals surface area contributed by atoms with Gasteiger partial charge in [-0.15, -0.1) is 0 Å². The lowest BCUT2D eigenvalue weighted by Gasteiger charge is -2.20. The van der Waals surface area contributed by atoms with Gasteiger partial charge in [-0.3, -0.25) is 0 Å². The first-order valence-electron chi connectivity index (χ1n) is 3.97. The van der Waals surface area contributed by atoms with Crippen molar-refractivity contribution < 1.29 is 8.78 Å². The first-order chi connectivity index (χ1) is 5.82. The molecule has 0 saturated carbocycles. The van der Waals surface area contributed by atoms with E-state index in [1.54, 1.807) is 20.8 Å². The molecule has 0 spiro atoms. The number of halogens is 3. The van der Waals surface area contributed by atoms with Crippen molar-refractivity contribution in [1.29, 1.82) is 0 Å². The van der Waals surface area contributed by atoms with Gasteiger partial charge in [-0.1, -0.05) is 20.8 Å². The van der Waals surface area contributed by atoms with Gasteiger partial charge in [0.05, 0.1) is 0 Å². The van der Waals surface area contributed by atoms with Gasteiger partial charge in [-0.05, 0) is 40.1 Å². The third-order valence-corrected chi connectivity index (χ3v) is 2.38. The number of hydrogen-bond donors (Lipinski definition) is 0. The highest BCUT2D eigenvalue weighted by Gasteiger charge is 2.23. The van der Waals surface area contributed by atoms with Crippen LogP contribution >= 0.6 is 22.6 Å². The van der Waals surface area contributed by atoms with Crippen LogP contribution in [-0.2, 0) is 5.41 Å². The summed E-state index contributed by atoms with van der Waals surface area (Å²) in [5.74, 6) is -0.922. The highest BCUT2D eigenvalue weighted by Crippen LogP contribution is 2.28. The molecular formula is C10H11F2I. The Morgan fingerprint density at radius 3 is 1.77 bits per heavy atom. The van der Waals surface area contributed by atoms with Gasteiger partial charge in [0.1, 0.15) is 11.6 Å². The fourth-order valence-electron chi connectivity index (χ4n) is 1.26. The topological polar surface area (TPSA) is 0 Å². The van der Waals surface area contributed by atoms with Crippen molar-refractivity contribution in [1.82, 2.24) is 0 Å². The SMILES string of the molecule is CC(C)(C)c1c(F)cc(I)cc1F. The van der Waals surface area contributed by atoms with Crippen molar-refractivity contribution in [2.24, 2.45) is 0 Å². The molecule has 0 saturated heterocycles. The zero-order valence-electron chi connectivity index (χ0n) is 7.79.